The highest BCUT2D eigenvalue weighted by Crippen LogP contribution is 2.19. The summed E-state index contributed by atoms with van der Waals surface area (Å²) in [5.41, 5.74) is 0.472. The number of carbonyl (C=O) groups excluding carboxylic acids is 2. The zero-order valence-corrected chi connectivity index (χ0v) is 16.5. The van der Waals surface area contributed by atoms with Crippen LogP contribution in [-0.2, 0) is 27.8 Å². The average Bonchev–Trinajstić information content (AvgIpc) is 2.73. The second-order valence-electron chi connectivity index (χ2n) is 7.22. The van der Waals surface area contributed by atoms with E-state index in [2.05, 4.69) is 11.9 Å². The highest BCUT2D eigenvalue weighted by Gasteiger charge is 2.25. The summed E-state index contributed by atoms with van der Waals surface area (Å²) in [5.74, 6) is -0.0639. The van der Waals surface area contributed by atoms with E-state index in [0.29, 0.717) is 16.7 Å². The molecule has 3 rings (SSSR count). The van der Waals surface area contributed by atoms with Crippen molar-refractivity contribution >= 4 is 22.8 Å². The molecular weight excluding hydrogens is 358 g/mol. The van der Waals surface area contributed by atoms with Crippen LogP contribution >= 0.6 is 0 Å². The minimum absolute atomic E-state index is 0.0725. The van der Waals surface area contributed by atoms with Crippen LogP contribution in [0.15, 0.2) is 29.1 Å². The number of amides is 1. The Balaban J connectivity index is 1.56. The minimum Gasteiger partial charge on any atom is -0.456 e. The average molecular weight is 385 g/mol. The Morgan fingerprint density at radius 3 is 2.82 bits per heavy atom. The molecule has 1 aliphatic heterocycles. The number of para-hydroxylation sites is 1. The molecule has 1 aromatic carbocycles. The molecule has 1 fully saturated rings. The number of piperidine rings is 1. The Morgan fingerprint density at radius 1 is 1.25 bits per heavy atom. The number of hydrogen-bond acceptors (Lipinski definition) is 5. The third-order valence-electron chi connectivity index (χ3n) is 5.40. The summed E-state index contributed by atoms with van der Waals surface area (Å²) in [6, 6.07) is 7.38. The number of likely N-dealkylation sites (tertiary alicyclic amines) is 1. The first-order valence-electron chi connectivity index (χ1n) is 9.91. The molecule has 1 aromatic heterocycles. The second-order valence-corrected chi connectivity index (χ2v) is 7.22. The molecule has 0 aliphatic carbocycles. The number of hydrogen-bond donors (Lipinski definition) is 0. The van der Waals surface area contributed by atoms with Gasteiger partial charge in [-0.05, 0) is 37.8 Å². The molecule has 0 saturated carbocycles. The van der Waals surface area contributed by atoms with E-state index in [4.69, 9.17) is 4.74 Å². The van der Waals surface area contributed by atoms with Gasteiger partial charge in [0, 0.05) is 26.1 Å². The number of carbonyl (C=O) groups is 2. The lowest BCUT2D eigenvalue weighted by Crippen LogP contribution is -2.45. The molecule has 7 nitrogen and oxygen atoms in total. The largest absolute Gasteiger partial charge is 0.456 e. The molecule has 1 amide bonds. The first kappa shape index (κ1) is 20.0. The number of aryl methyl sites for hydroxylation is 1. The Kier molecular flexibility index (Phi) is 6.44. The van der Waals surface area contributed by atoms with E-state index in [1.165, 1.54) is 4.57 Å². The Morgan fingerprint density at radius 2 is 2.04 bits per heavy atom. The number of fused-ring (bicyclic) bond motifs is 1. The van der Waals surface area contributed by atoms with E-state index in [9.17, 15) is 14.4 Å². The van der Waals surface area contributed by atoms with Crippen molar-refractivity contribution in [3.8, 4) is 0 Å². The summed E-state index contributed by atoms with van der Waals surface area (Å²) < 4.78 is 6.64. The number of benzene rings is 1. The maximum atomic E-state index is 12.4. The Hall–Kier alpha value is -2.70. The Bertz CT molecular complexity index is 921. The molecule has 1 saturated heterocycles. The molecule has 2 heterocycles. The fourth-order valence-corrected chi connectivity index (χ4v) is 3.75. The SMILES string of the molecule is CCC1CCCCN1C(=O)COC(=O)CCc1nc2ccccc2c(=O)n1C. The van der Waals surface area contributed by atoms with Gasteiger partial charge >= 0.3 is 5.97 Å². The van der Waals surface area contributed by atoms with Gasteiger partial charge < -0.3 is 9.64 Å². The zero-order valence-electron chi connectivity index (χ0n) is 16.5. The molecule has 1 aliphatic rings. The van der Waals surface area contributed by atoms with Crippen LogP contribution in [0.4, 0.5) is 0 Å². The number of aromatic nitrogens is 2. The topological polar surface area (TPSA) is 81.5 Å². The van der Waals surface area contributed by atoms with Crippen LogP contribution in [-0.4, -0.2) is 45.5 Å². The first-order valence-corrected chi connectivity index (χ1v) is 9.91. The third kappa shape index (κ3) is 4.40. The van der Waals surface area contributed by atoms with Crippen molar-refractivity contribution in [2.75, 3.05) is 13.2 Å². The molecule has 1 atom stereocenters. The normalized spacial score (nSPS) is 16.9. The molecule has 0 N–H and O–H groups in total. The Labute approximate surface area is 164 Å². The monoisotopic (exact) mass is 385 g/mol. The van der Waals surface area contributed by atoms with Crippen LogP contribution in [0.3, 0.4) is 0 Å². The van der Waals surface area contributed by atoms with E-state index in [-0.39, 0.29) is 37.0 Å². The molecule has 0 spiro atoms. The van der Waals surface area contributed by atoms with Crippen LogP contribution in [0, 0.1) is 0 Å². The minimum atomic E-state index is -0.458. The maximum absolute atomic E-state index is 12.4. The highest BCUT2D eigenvalue weighted by atomic mass is 16.5. The third-order valence-corrected chi connectivity index (χ3v) is 5.40. The second kappa shape index (κ2) is 8.99. The lowest BCUT2D eigenvalue weighted by Gasteiger charge is -2.35. The molecule has 150 valence electrons. The van der Waals surface area contributed by atoms with Gasteiger partial charge in [-0.3, -0.25) is 19.0 Å². The predicted molar refractivity (Wildman–Crippen MR) is 106 cm³/mol. The fourth-order valence-electron chi connectivity index (χ4n) is 3.75. The van der Waals surface area contributed by atoms with Gasteiger partial charge in [0.25, 0.3) is 11.5 Å². The quantitative estimate of drug-likeness (QED) is 0.712. The van der Waals surface area contributed by atoms with Crippen molar-refractivity contribution in [1.29, 1.82) is 0 Å². The van der Waals surface area contributed by atoms with Gasteiger partial charge in [-0.2, -0.15) is 0 Å². The van der Waals surface area contributed by atoms with Crippen LogP contribution in [0.5, 0.6) is 0 Å². The molecule has 0 bridgehead atoms. The van der Waals surface area contributed by atoms with Crippen molar-refractivity contribution in [1.82, 2.24) is 14.5 Å². The summed E-state index contributed by atoms with van der Waals surface area (Å²) in [6.07, 6.45) is 4.42. The van der Waals surface area contributed by atoms with Crippen LogP contribution in [0.25, 0.3) is 10.9 Å². The maximum Gasteiger partial charge on any atom is 0.306 e. The summed E-state index contributed by atoms with van der Waals surface area (Å²) in [5, 5.41) is 0.550. The highest BCUT2D eigenvalue weighted by molar-refractivity contribution is 5.81. The van der Waals surface area contributed by atoms with Crippen molar-refractivity contribution in [3.63, 3.8) is 0 Å². The standard InChI is InChI=1S/C21H27N3O4/c1-3-15-8-6-7-13-24(15)19(25)14-28-20(26)12-11-18-22-17-10-5-4-9-16(17)21(27)23(18)2/h4-5,9-10,15H,3,6-8,11-14H2,1-2H3. The van der Waals surface area contributed by atoms with E-state index < -0.39 is 5.97 Å². The molecule has 28 heavy (non-hydrogen) atoms. The number of nitrogens with zero attached hydrogens (tertiary/aromatic N) is 3. The van der Waals surface area contributed by atoms with Gasteiger partial charge in [-0.1, -0.05) is 19.1 Å². The molecule has 2 aromatic rings. The number of esters is 1. The van der Waals surface area contributed by atoms with Crippen LogP contribution in [0.2, 0.25) is 0 Å². The summed E-state index contributed by atoms with van der Waals surface area (Å²) in [7, 11) is 1.65. The number of rotatable bonds is 6. The van der Waals surface area contributed by atoms with E-state index in [1.807, 2.05) is 11.0 Å². The van der Waals surface area contributed by atoms with Crippen molar-refractivity contribution in [2.24, 2.45) is 7.05 Å². The fraction of sp³-hybridized carbons (Fsp3) is 0.524. The van der Waals surface area contributed by atoms with E-state index in [1.54, 1.807) is 25.2 Å². The van der Waals surface area contributed by atoms with Gasteiger partial charge in [0.15, 0.2) is 6.61 Å². The van der Waals surface area contributed by atoms with Gasteiger partial charge in [-0.15, -0.1) is 0 Å². The van der Waals surface area contributed by atoms with Gasteiger partial charge in [0.2, 0.25) is 0 Å². The smallest absolute Gasteiger partial charge is 0.306 e. The van der Waals surface area contributed by atoms with Crippen LogP contribution < -0.4 is 5.56 Å². The van der Waals surface area contributed by atoms with Gasteiger partial charge in [0.1, 0.15) is 5.82 Å². The number of ether oxygens (including phenoxy) is 1. The molecular formula is C21H27N3O4. The predicted octanol–water partition coefficient (Wildman–Crippen LogP) is 2.20. The van der Waals surface area contributed by atoms with Gasteiger partial charge in [0.05, 0.1) is 17.3 Å². The molecule has 7 heteroatoms. The lowest BCUT2D eigenvalue weighted by molar-refractivity contribution is -0.153. The summed E-state index contributed by atoms with van der Waals surface area (Å²) in [4.78, 5) is 43.2. The van der Waals surface area contributed by atoms with E-state index >= 15 is 0 Å². The van der Waals surface area contributed by atoms with Crippen molar-refractivity contribution in [3.05, 3.63) is 40.4 Å². The van der Waals surface area contributed by atoms with Crippen molar-refractivity contribution in [2.45, 2.75) is 51.5 Å². The van der Waals surface area contributed by atoms with E-state index in [0.717, 1.165) is 32.2 Å². The van der Waals surface area contributed by atoms with Gasteiger partial charge in [-0.25, -0.2) is 4.98 Å². The summed E-state index contributed by atoms with van der Waals surface area (Å²) >= 11 is 0. The van der Waals surface area contributed by atoms with Crippen molar-refractivity contribution < 1.29 is 14.3 Å². The van der Waals surface area contributed by atoms with Crippen LogP contribution in [0.1, 0.15) is 44.9 Å². The molecule has 1 unspecified atom stereocenters. The summed E-state index contributed by atoms with van der Waals surface area (Å²) in [6.45, 7) is 2.58. The lowest BCUT2D eigenvalue weighted by atomic mass is 10.00. The zero-order chi connectivity index (χ0) is 20.1. The molecule has 0 radical (unpaired) electrons. The first-order chi connectivity index (χ1) is 13.5.